The minimum Gasteiger partial charge on any atom is -0.390 e. The van der Waals surface area contributed by atoms with Crippen LogP contribution >= 0.6 is 0 Å². The SMILES string of the molecule is O=C(NC1c2ccccc2CC1O)c1cnc2ccccn2c1=O. The average molecular weight is 321 g/mol. The molecule has 1 aromatic carbocycles. The van der Waals surface area contributed by atoms with E-state index in [1.165, 1.54) is 10.6 Å². The van der Waals surface area contributed by atoms with Gasteiger partial charge < -0.3 is 10.4 Å². The fraction of sp³-hybridized carbons (Fsp3) is 0.167. The van der Waals surface area contributed by atoms with E-state index in [1.807, 2.05) is 24.3 Å². The molecule has 1 amide bonds. The molecular weight excluding hydrogens is 306 g/mol. The van der Waals surface area contributed by atoms with Crippen LogP contribution in [0, 0.1) is 0 Å². The minimum absolute atomic E-state index is 0.0460. The van der Waals surface area contributed by atoms with Crippen LogP contribution in [0.3, 0.4) is 0 Å². The monoisotopic (exact) mass is 321 g/mol. The molecule has 3 aromatic rings. The molecule has 4 rings (SSSR count). The minimum atomic E-state index is -0.706. The summed E-state index contributed by atoms with van der Waals surface area (Å²) in [7, 11) is 0. The van der Waals surface area contributed by atoms with Gasteiger partial charge in [0.15, 0.2) is 0 Å². The van der Waals surface area contributed by atoms with Crippen molar-refractivity contribution in [3.63, 3.8) is 0 Å². The fourth-order valence-electron chi connectivity index (χ4n) is 3.15. The molecule has 1 aliphatic carbocycles. The van der Waals surface area contributed by atoms with Crippen molar-refractivity contribution < 1.29 is 9.90 Å². The zero-order valence-electron chi connectivity index (χ0n) is 12.7. The standard InChI is InChI=1S/C18H15N3O3/c22-14-9-11-5-1-2-6-12(11)16(14)20-17(23)13-10-19-15-7-3-4-8-21(15)18(13)24/h1-8,10,14,16,22H,9H2,(H,20,23). The maximum atomic E-state index is 12.5. The van der Waals surface area contributed by atoms with Crippen LogP contribution in [0.25, 0.3) is 5.65 Å². The van der Waals surface area contributed by atoms with Crippen molar-refractivity contribution in [3.8, 4) is 0 Å². The van der Waals surface area contributed by atoms with Crippen LogP contribution in [0.4, 0.5) is 0 Å². The van der Waals surface area contributed by atoms with Crippen molar-refractivity contribution in [3.05, 3.63) is 81.9 Å². The Balaban J connectivity index is 1.68. The molecule has 6 nitrogen and oxygen atoms in total. The summed E-state index contributed by atoms with van der Waals surface area (Å²) >= 11 is 0. The Morgan fingerprint density at radius 1 is 1.21 bits per heavy atom. The number of amides is 1. The van der Waals surface area contributed by atoms with Gasteiger partial charge in [-0.15, -0.1) is 0 Å². The molecule has 0 saturated carbocycles. The number of pyridine rings is 1. The first-order valence-electron chi connectivity index (χ1n) is 7.68. The molecule has 0 fully saturated rings. The normalized spacial score (nSPS) is 19.2. The van der Waals surface area contributed by atoms with Gasteiger partial charge in [0.2, 0.25) is 0 Å². The molecule has 2 aromatic heterocycles. The molecular formula is C18H15N3O3. The number of nitrogens with one attached hydrogen (secondary N) is 1. The fourth-order valence-corrected chi connectivity index (χ4v) is 3.15. The predicted octanol–water partition coefficient (Wildman–Crippen LogP) is 1.08. The van der Waals surface area contributed by atoms with Crippen molar-refractivity contribution in [1.82, 2.24) is 14.7 Å². The Bertz CT molecular complexity index is 996. The lowest BCUT2D eigenvalue weighted by atomic mass is 10.1. The number of fused-ring (bicyclic) bond motifs is 2. The quantitative estimate of drug-likeness (QED) is 0.740. The number of rotatable bonds is 2. The van der Waals surface area contributed by atoms with Gasteiger partial charge >= 0.3 is 0 Å². The molecule has 6 heteroatoms. The number of aliphatic hydroxyl groups is 1. The number of hydrogen-bond acceptors (Lipinski definition) is 4. The largest absolute Gasteiger partial charge is 0.390 e. The Hall–Kier alpha value is -2.99. The van der Waals surface area contributed by atoms with Crippen LogP contribution in [0.1, 0.15) is 27.5 Å². The zero-order chi connectivity index (χ0) is 16.7. The van der Waals surface area contributed by atoms with Crippen molar-refractivity contribution in [2.24, 2.45) is 0 Å². The Kier molecular flexibility index (Phi) is 3.39. The number of carbonyl (C=O) groups is 1. The lowest BCUT2D eigenvalue weighted by molar-refractivity contribution is 0.0856. The van der Waals surface area contributed by atoms with Crippen molar-refractivity contribution >= 4 is 11.6 Å². The lowest BCUT2D eigenvalue weighted by Crippen LogP contribution is -2.37. The van der Waals surface area contributed by atoms with Gasteiger partial charge in [0.25, 0.3) is 11.5 Å². The second kappa shape index (κ2) is 5.58. The van der Waals surface area contributed by atoms with Crippen molar-refractivity contribution in [2.75, 3.05) is 0 Å². The van der Waals surface area contributed by atoms with Gasteiger partial charge in [-0.1, -0.05) is 30.3 Å². The van der Waals surface area contributed by atoms with Crippen molar-refractivity contribution in [2.45, 2.75) is 18.6 Å². The number of nitrogens with zero attached hydrogens (tertiary/aromatic N) is 2. The molecule has 1 aliphatic rings. The zero-order valence-corrected chi connectivity index (χ0v) is 12.7. The number of carbonyl (C=O) groups excluding carboxylic acids is 1. The second-order valence-corrected chi connectivity index (χ2v) is 5.83. The number of benzene rings is 1. The van der Waals surface area contributed by atoms with Crippen LogP contribution < -0.4 is 10.9 Å². The van der Waals surface area contributed by atoms with E-state index in [2.05, 4.69) is 10.3 Å². The summed E-state index contributed by atoms with van der Waals surface area (Å²) in [5.41, 5.74) is 1.88. The summed E-state index contributed by atoms with van der Waals surface area (Å²) in [4.78, 5) is 29.2. The molecule has 2 N–H and O–H groups in total. The van der Waals surface area contributed by atoms with Crippen LogP contribution in [-0.4, -0.2) is 26.5 Å². The first-order valence-corrected chi connectivity index (χ1v) is 7.68. The number of hydrogen-bond donors (Lipinski definition) is 2. The highest BCUT2D eigenvalue weighted by Gasteiger charge is 2.32. The smallest absolute Gasteiger partial charge is 0.270 e. The van der Waals surface area contributed by atoms with Gasteiger partial charge in [0.1, 0.15) is 11.2 Å². The van der Waals surface area contributed by atoms with E-state index in [9.17, 15) is 14.7 Å². The third-order valence-electron chi connectivity index (χ3n) is 4.35. The van der Waals surface area contributed by atoms with Gasteiger partial charge in [-0.3, -0.25) is 14.0 Å². The van der Waals surface area contributed by atoms with E-state index >= 15 is 0 Å². The lowest BCUT2D eigenvalue weighted by Gasteiger charge is -2.17. The van der Waals surface area contributed by atoms with Crippen LogP contribution in [0.15, 0.2) is 59.7 Å². The summed E-state index contributed by atoms with van der Waals surface area (Å²) in [6.07, 6.45) is 2.62. The predicted molar refractivity (Wildman–Crippen MR) is 87.8 cm³/mol. The van der Waals surface area contributed by atoms with Gasteiger partial charge in [0, 0.05) is 18.8 Å². The summed E-state index contributed by atoms with van der Waals surface area (Å²) in [6.45, 7) is 0. The molecule has 0 radical (unpaired) electrons. The van der Waals surface area contributed by atoms with Crippen LogP contribution in [0.2, 0.25) is 0 Å². The molecule has 120 valence electrons. The highest BCUT2D eigenvalue weighted by atomic mass is 16.3. The Morgan fingerprint density at radius 3 is 2.88 bits per heavy atom. The third-order valence-corrected chi connectivity index (χ3v) is 4.35. The molecule has 0 bridgehead atoms. The van der Waals surface area contributed by atoms with Crippen LogP contribution in [0.5, 0.6) is 0 Å². The second-order valence-electron chi connectivity index (χ2n) is 5.83. The van der Waals surface area contributed by atoms with E-state index in [0.717, 1.165) is 11.1 Å². The van der Waals surface area contributed by atoms with Crippen LogP contribution in [-0.2, 0) is 6.42 Å². The summed E-state index contributed by atoms with van der Waals surface area (Å²) in [5, 5.41) is 13.0. The summed E-state index contributed by atoms with van der Waals surface area (Å²) in [5.74, 6) is -0.536. The van der Waals surface area contributed by atoms with E-state index in [0.29, 0.717) is 12.1 Å². The molecule has 0 saturated heterocycles. The van der Waals surface area contributed by atoms with E-state index in [-0.39, 0.29) is 5.56 Å². The average Bonchev–Trinajstić information content (AvgIpc) is 2.91. The maximum absolute atomic E-state index is 12.5. The van der Waals surface area contributed by atoms with Gasteiger partial charge in [0.05, 0.1) is 12.1 Å². The summed E-state index contributed by atoms with van der Waals surface area (Å²) in [6, 6.07) is 12.2. The van der Waals surface area contributed by atoms with Gasteiger partial charge in [-0.25, -0.2) is 4.98 Å². The molecule has 0 aliphatic heterocycles. The Labute approximate surface area is 137 Å². The highest BCUT2D eigenvalue weighted by molar-refractivity contribution is 5.94. The van der Waals surface area contributed by atoms with Gasteiger partial charge in [-0.05, 0) is 23.3 Å². The third kappa shape index (κ3) is 2.28. The summed E-state index contributed by atoms with van der Waals surface area (Å²) < 4.78 is 1.33. The van der Waals surface area contributed by atoms with E-state index in [1.54, 1.807) is 24.4 Å². The Morgan fingerprint density at radius 2 is 2.00 bits per heavy atom. The first kappa shape index (κ1) is 14.6. The topological polar surface area (TPSA) is 83.7 Å². The molecule has 2 atom stereocenters. The van der Waals surface area contributed by atoms with Crippen molar-refractivity contribution in [1.29, 1.82) is 0 Å². The number of aliphatic hydroxyl groups excluding tert-OH is 1. The molecule has 24 heavy (non-hydrogen) atoms. The van der Waals surface area contributed by atoms with E-state index in [4.69, 9.17) is 0 Å². The van der Waals surface area contributed by atoms with E-state index < -0.39 is 23.6 Å². The molecule has 0 spiro atoms. The highest BCUT2D eigenvalue weighted by Crippen LogP contribution is 2.31. The molecule has 2 unspecified atom stereocenters. The number of aromatic nitrogens is 2. The van der Waals surface area contributed by atoms with Gasteiger partial charge in [-0.2, -0.15) is 0 Å². The molecule has 2 heterocycles. The maximum Gasteiger partial charge on any atom is 0.270 e. The first-order chi connectivity index (χ1) is 11.6.